The summed E-state index contributed by atoms with van der Waals surface area (Å²) in [5, 5.41) is 14.5. The van der Waals surface area contributed by atoms with E-state index in [-0.39, 0.29) is 12.5 Å². The fourth-order valence-electron chi connectivity index (χ4n) is 3.57. The van der Waals surface area contributed by atoms with Crippen molar-refractivity contribution in [3.8, 4) is 0 Å². The van der Waals surface area contributed by atoms with E-state index in [1.807, 2.05) is 12.1 Å². The molecule has 1 aliphatic rings. The number of hydrogen-bond donors (Lipinski definition) is 2. The molecule has 134 valence electrons. The number of nitrogens with zero attached hydrogens (tertiary/aromatic N) is 3. The normalized spacial score (nSPS) is 14.8. The van der Waals surface area contributed by atoms with E-state index in [9.17, 15) is 9.59 Å². The maximum Gasteiger partial charge on any atom is 0.262 e. The number of nitrogens with one attached hydrogen (secondary N) is 1. The Morgan fingerprint density at radius 3 is 2.72 bits per heavy atom. The van der Waals surface area contributed by atoms with E-state index in [0.717, 1.165) is 35.9 Å². The van der Waals surface area contributed by atoms with Crippen molar-refractivity contribution in [3.05, 3.63) is 29.5 Å². The van der Waals surface area contributed by atoms with E-state index in [1.54, 1.807) is 11.5 Å². The second kappa shape index (κ2) is 7.23. The van der Waals surface area contributed by atoms with E-state index >= 15 is 0 Å². The van der Waals surface area contributed by atoms with Gasteiger partial charge in [0.25, 0.3) is 11.8 Å². The fraction of sp³-hybridized carbons (Fsp3) is 0.500. The Morgan fingerprint density at radius 2 is 2.08 bits per heavy atom. The molecule has 1 aromatic heterocycles. The van der Waals surface area contributed by atoms with Crippen LogP contribution in [0.25, 0.3) is 10.9 Å². The second-order valence-electron chi connectivity index (χ2n) is 6.61. The Kier molecular flexibility index (Phi) is 5.03. The first-order chi connectivity index (χ1) is 12.0. The van der Waals surface area contributed by atoms with Crippen molar-refractivity contribution in [2.24, 2.45) is 0 Å². The number of benzene rings is 1. The highest BCUT2D eigenvalue weighted by molar-refractivity contribution is 5.99. The highest BCUT2D eigenvalue weighted by Gasteiger charge is 2.23. The summed E-state index contributed by atoms with van der Waals surface area (Å²) in [6.07, 6.45) is 5.51. The van der Waals surface area contributed by atoms with Gasteiger partial charge in [0.2, 0.25) is 0 Å². The summed E-state index contributed by atoms with van der Waals surface area (Å²) in [5.74, 6) is -0.885. The van der Waals surface area contributed by atoms with Crippen molar-refractivity contribution >= 4 is 22.7 Å². The number of aryl methyl sites for hydroxylation is 1. The summed E-state index contributed by atoms with van der Waals surface area (Å²) in [5.41, 5.74) is 4.09. The lowest BCUT2D eigenvalue weighted by atomic mass is 10.1. The molecule has 2 amide bonds. The largest absolute Gasteiger partial charge is 0.332 e. The molecule has 0 aliphatic heterocycles. The molecule has 0 bridgehead atoms. The van der Waals surface area contributed by atoms with Crippen LogP contribution in [0.4, 0.5) is 0 Å². The topological polar surface area (TPSA) is 87.5 Å². The van der Waals surface area contributed by atoms with Crippen LogP contribution < -0.4 is 5.48 Å². The lowest BCUT2D eigenvalue weighted by molar-refractivity contribution is -0.129. The SMILES string of the molecule is CCc1nn(C2CCCC2)c2cc(C(=O)N(C)CC(=O)NO)ccc12. The lowest BCUT2D eigenvalue weighted by Gasteiger charge is -2.16. The third-order valence-corrected chi connectivity index (χ3v) is 4.89. The summed E-state index contributed by atoms with van der Waals surface area (Å²) in [4.78, 5) is 25.1. The molecule has 0 unspecified atom stereocenters. The van der Waals surface area contributed by atoms with Crippen molar-refractivity contribution in [1.29, 1.82) is 0 Å². The van der Waals surface area contributed by atoms with Crippen molar-refractivity contribution in [3.63, 3.8) is 0 Å². The van der Waals surface area contributed by atoms with Gasteiger partial charge in [0, 0.05) is 18.0 Å². The number of hydroxylamine groups is 1. The molecule has 25 heavy (non-hydrogen) atoms. The number of likely N-dealkylation sites (N-methyl/N-ethyl adjacent to an activating group) is 1. The minimum atomic E-state index is -0.624. The molecule has 1 aliphatic carbocycles. The molecule has 1 heterocycles. The lowest BCUT2D eigenvalue weighted by Crippen LogP contribution is -2.37. The average Bonchev–Trinajstić information content (AvgIpc) is 3.27. The molecule has 1 aromatic carbocycles. The highest BCUT2D eigenvalue weighted by atomic mass is 16.5. The van der Waals surface area contributed by atoms with Crippen LogP contribution in [0.1, 0.15) is 54.7 Å². The van der Waals surface area contributed by atoms with E-state index in [0.29, 0.717) is 11.6 Å². The number of carbonyl (C=O) groups excluding carboxylic acids is 2. The van der Waals surface area contributed by atoms with Crippen LogP contribution in [-0.4, -0.2) is 45.3 Å². The van der Waals surface area contributed by atoms with Gasteiger partial charge in [-0.1, -0.05) is 25.8 Å². The van der Waals surface area contributed by atoms with Crippen molar-refractivity contribution in [1.82, 2.24) is 20.2 Å². The van der Waals surface area contributed by atoms with Crippen LogP contribution in [0.5, 0.6) is 0 Å². The van der Waals surface area contributed by atoms with Gasteiger partial charge in [0.1, 0.15) is 6.54 Å². The summed E-state index contributed by atoms with van der Waals surface area (Å²) >= 11 is 0. The van der Waals surface area contributed by atoms with Crippen LogP contribution in [0.15, 0.2) is 18.2 Å². The van der Waals surface area contributed by atoms with Crippen molar-refractivity contribution in [2.75, 3.05) is 13.6 Å². The molecule has 0 atom stereocenters. The molecule has 7 heteroatoms. The van der Waals surface area contributed by atoms with E-state index in [4.69, 9.17) is 10.3 Å². The number of amides is 2. The highest BCUT2D eigenvalue weighted by Crippen LogP contribution is 2.33. The van der Waals surface area contributed by atoms with Crippen LogP contribution in [0, 0.1) is 0 Å². The first-order valence-corrected chi connectivity index (χ1v) is 8.74. The molecule has 1 fully saturated rings. The number of fused-ring (bicyclic) bond motifs is 1. The molecule has 2 N–H and O–H groups in total. The molecule has 0 saturated heterocycles. The Bertz CT molecular complexity index is 793. The average molecular weight is 344 g/mol. The van der Waals surface area contributed by atoms with E-state index < -0.39 is 5.91 Å². The molecule has 3 rings (SSSR count). The van der Waals surface area contributed by atoms with Crippen LogP contribution in [0.3, 0.4) is 0 Å². The van der Waals surface area contributed by atoms with Gasteiger partial charge in [-0.05, 0) is 31.4 Å². The minimum Gasteiger partial charge on any atom is -0.332 e. The fourth-order valence-corrected chi connectivity index (χ4v) is 3.57. The van der Waals surface area contributed by atoms with Crippen molar-refractivity contribution in [2.45, 2.75) is 45.1 Å². The van der Waals surface area contributed by atoms with Gasteiger partial charge in [-0.25, -0.2) is 5.48 Å². The Morgan fingerprint density at radius 1 is 1.36 bits per heavy atom. The van der Waals surface area contributed by atoms with Gasteiger partial charge in [0.05, 0.1) is 17.3 Å². The molecular formula is C18H24N4O3. The van der Waals surface area contributed by atoms with E-state index in [1.165, 1.54) is 24.8 Å². The van der Waals surface area contributed by atoms with Crippen LogP contribution >= 0.6 is 0 Å². The summed E-state index contributed by atoms with van der Waals surface area (Å²) < 4.78 is 2.08. The zero-order valence-corrected chi connectivity index (χ0v) is 14.7. The smallest absolute Gasteiger partial charge is 0.262 e. The zero-order chi connectivity index (χ0) is 18.0. The van der Waals surface area contributed by atoms with Gasteiger partial charge in [-0.3, -0.25) is 19.5 Å². The maximum atomic E-state index is 12.6. The van der Waals surface area contributed by atoms with E-state index in [2.05, 4.69) is 11.6 Å². The van der Waals surface area contributed by atoms with Crippen LogP contribution in [0.2, 0.25) is 0 Å². The Hall–Kier alpha value is -2.41. The van der Waals surface area contributed by atoms with Crippen LogP contribution in [-0.2, 0) is 11.2 Å². The summed E-state index contributed by atoms with van der Waals surface area (Å²) in [6, 6.07) is 5.98. The third kappa shape index (κ3) is 3.37. The van der Waals surface area contributed by atoms with Gasteiger partial charge < -0.3 is 4.90 Å². The van der Waals surface area contributed by atoms with Gasteiger partial charge in [-0.15, -0.1) is 0 Å². The Balaban J connectivity index is 1.96. The standard InChI is InChI=1S/C18H24N4O3/c1-3-15-14-9-8-12(18(24)21(2)11-17(23)20-25)10-16(14)22(19-15)13-6-4-5-7-13/h8-10,13,25H,3-7,11H2,1-2H3,(H,20,23). The molecule has 0 radical (unpaired) electrons. The zero-order valence-electron chi connectivity index (χ0n) is 14.7. The van der Waals surface area contributed by atoms with Gasteiger partial charge in [0.15, 0.2) is 0 Å². The second-order valence-corrected chi connectivity index (χ2v) is 6.61. The number of aromatic nitrogens is 2. The molecule has 2 aromatic rings. The first-order valence-electron chi connectivity index (χ1n) is 8.74. The quantitative estimate of drug-likeness (QED) is 0.643. The molecule has 7 nitrogen and oxygen atoms in total. The van der Waals surface area contributed by atoms with Crippen molar-refractivity contribution < 1.29 is 14.8 Å². The summed E-state index contributed by atoms with van der Waals surface area (Å²) in [7, 11) is 1.54. The molecule has 0 spiro atoms. The predicted octanol–water partition coefficient (Wildman–Crippen LogP) is 2.29. The third-order valence-electron chi connectivity index (χ3n) is 4.89. The monoisotopic (exact) mass is 344 g/mol. The minimum absolute atomic E-state index is 0.199. The van der Waals surface area contributed by atoms with Gasteiger partial charge >= 0.3 is 0 Å². The molecular weight excluding hydrogens is 320 g/mol. The first kappa shape index (κ1) is 17.4. The number of rotatable bonds is 5. The van der Waals surface area contributed by atoms with Gasteiger partial charge in [-0.2, -0.15) is 5.10 Å². The number of carbonyl (C=O) groups is 2. The maximum absolute atomic E-state index is 12.6. The molecule has 1 saturated carbocycles. The predicted molar refractivity (Wildman–Crippen MR) is 93.5 cm³/mol. The number of hydrogen-bond acceptors (Lipinski definition) is 4. The summed E-state index contributed by atoms with van der Waals surface area (Å²) in [6.45, 7) is 1.89. The Labute approximate surface area is 146 Å².